The lowest BCUT2D eigenvalue weighted by atomic mass is 9.96. The van der Waals surface area contributed by atoms with E-state index in [1.807, 2.05) is 56.6 Å². The monoisotopic (exact) mass is 422 g/mol. The number of oxazole rings is 1. The molecule has 164 valence electrons. The summed E-state index contributed by atoms with van der Waals surface area (Å²) in [4.78, 5) is 21.7. The Morgan fingerprint density at radius 2 is 2.00 bits per heavy atom. The molecule has 1 aromatic heterocycles. The average molecular weight is 423 g/mol. The van der Waals surface area contributed by atoms with E-state index in [0.717, 1.165) is 48.3 Å². The summed E-state index contributed by atoms with van der Waals surface area (Å²) in [6.07, 6.45) is 1.58. The van der Waals surface area contributed by atoms with Crippen molar-refractivity contribution in [2.75, 3.05) is 45.7 Å². The highest BCUT2D eigenvalue weighted by molar-refractivity contribution is 5.79. The molecule has 1 fully saturated rings. The van der Waals surface area contributed by atoms with Gasteiger partial charge in [-0.15, -0.1) is 0 Å². The summed E-state index contributed by atoms with van der Waals surface area (Å²) in [6, 6.07) is 16.5. The van der Waals surface area contributed by atoms with Gasteiger partial charge in [-0.05, 0) is 56.8 Å². The zero-order chi connectivity index (χ0) is 21.8. The Kier molecular flexibility index (Phi) is 6.42. The van der Waals surface area contributed by atoms with E-state index in [4.69, 9.17) is 9.15 Å². The maximum absolute atomic E-state index is 12.9. The van der Waals surface area contributed by atoms with Crippen LogP contribution in [0.15, 0.2) is 52.9 Å². The van der Waals surface area contributed by atoms with Crippen LogP contribution in [0.5, 0.6) is 5.75 Å². The molecule has 1 unspecified atom stereocenters. The molecule has 0 bridgehead atoms. The lowest BCUT2D eigenvalue weighted by Crippen LogP contribution is -2.42. The van der Waals surface area contributed by atoms with Crippen LogP contribution in [0.4, 0.5) is 6.01 Å². The first-order chi connectivity index (χ1) is 15.0. The first-order valence-corrected chi connectivity index (χ1v) is 10.7. The molecule has 1 aliphatic rings. The van der Waals surface area contributed by atoms with E-state index in [-0.39, 0.29) is 17.9 Å². The number of carbonyl (C=O) groups excluding carboxylic acids is 1. The summed E-state index contributed by atoms with van der Waals surface area (Å²) in [5.41, 5.74) is 2.78. The topological polar surface area (TPSA) is 70.8 Å². The standard InChI is InChI=1S/C24H30N4O3/c1-27(2)21(18-7-6-8-19(15-18)30-3)16-25-23(29)17-11-13-28(14-12-17)24-26-20-9-4-5-10-22(20)31-24/h4-10,15,17,21H,11-14,16H2,1-3H3,(H,25,29). The molecule has 4 rings (SSSR count). The minimum atomic E-state index is 0.00810. The molecule has 1 amide bonds. The van der Waals surface area contributed by atoms with Crippen LogP contribution in [0.2, 0.25) is 0 Å². The molecule has 1 atom stereocenters. The van der Waals surface area contributed by atoms with E-state index in [9.17, 15) is 4.79 Å². The lowest BCUT2D eigenvalue weighted by molar-refractivity contribution is -0.125. The normalized spacial score (nSPS) is 15.9. The molecule has 1 saturated heterocycles. The van der Waals surface area contributed by atoms with Gasteiger partial charge in [-0.25, -0.2) is 0 Å². The van der Waals surface area contributed by atoms with Crippen LogP contribution in [0, 0.1) is 5.92 Å². The summed E-state index contributed by atoms with van der Waals surface area (Å²) in [7, 11) is 5.71. The quantitative estimate of drug-likeness (QED) is 0.629. The van der Waals surface area contributed by atoms with E-state index < -0.39 is 0 Å². The number of fused-ring (bicyclic) bond motifs is 1. The number of benzene rings is 2. The Balaban J connectivity index is 1.32. The van der Waals surface area contributed by atoms with Crippen LogP contribution in [0.25, 0.3) is 11.1 Å². The number of rotatable bonds is 7. The smallest absolute Gasteiger partial charge is 0.298 e. The molecule has 3 aromatic rings. The van der Waals surface area contributed by atoms with E-state index >= 15 is 0 Å². The minimum absolute atomic E-state index is 0.00810. The fourth-order valence-corrected chi connectivity index (χ4v) is 4.12. The second kappa shape index (κ2) is 9.39. The highest BCUT2D eigenvalue weighted by atomic mass is 16.5. The number of nitrogens with one attached hydrogen (secondary N) is 1. The SMILES string of the molecule is COc1cccc(C(CNC(=O)C2CCN(c3nc4ccccc4o3)CC2)N(C)C)c1. The third-order valence-corrected chi connectivity index (χ3v) is 5.99. The number of carbonyl (C=O) groups is 1. The van der Waals surface area contributed by atoms with Gasteiger partial charge in [0.2, 0.25) is 5.91 Å². The molecule has 0 saturated carbocycles. The Morgan fingerprint density at radius 3 is 2.71 bits per heavy atom. The van der Waals surface area contributed by atoms with Crippen molar-refractivity contribution in [1.29, 1.82) is 0 Å². The second-order valence-electron chi connectivity index (χ2n) is 8.23. The molecule has 7 nitrogen and oxygen atoms in total. The third kappa shape index (κ3) is 4.82. The average Bonchev–Trinajstić information content (AvgIpc) is 3.23. The molecule has 0 radical (unpaired) electrons. The van der Waals surface area contributed by atoms with Crippen LogP contribution >= 0.6 is 0 Å². The molecular weight excluding hydrogens is 392 g/mol. The highest BCUT2D eigenvalue weighted by Gasteiger charge is 2.28. The Labute approximate surface area is 183 Å². The van der Waals surface area contributed by atoms with Gasteiger partial charge in [-0.1, -0.05) is 24.3 Å². The number of nitrogens with zero attached hydrogens (tertiary/aromatic N) is 3. The van der Waals surface area contributed by atoms with Gasteiger partial charge in [0.05, 0.1) is 13.2 Å². The van der Waals surface area contributed by atoms with Gasteiger partial charge in [0.25, 0.3) is 6.01 Å². The maximum Gasteiger partial charge on any atom is 0.298 e. The Hall–Kier alpha value is -3.06. The summed E-state index contributed by atoms with van der Waals surface area (Å²) in [5, 5.41) is 3.17. The number of anilines is 1. The molecule has 2 aromatic carbocycles. The van der Waals surface area contributed by atoms with Gasteiger partial charge in [-0.3, -0.25) is 4.79 Å². The summed E-state index contributed by atoms with van der Waals surface area (Å²) in [5.74, 6) is 0.947. The number of piperidine rings is 1. The van der Waals surface area contributed by atoms with Crippen molar-refractivity contribution in [1.82, 2.24) is 15.2 Å². The predicted molar refractivity (Wildman–Crippen MR) is 121 cm³/mol. The van der Waals surface area contributed by atoms with E-state index in [2.05, 4.69) is 26.2 Å². The van der Waals surface area contributed by atoms with Crippen LogP contribution in [0.3, 0.4) is 0 Å². The van der Waals surface area contributed by atoms with Crippen molar-refractivity contribution in [3.8, 4) is 5.75 Å². The summed E-state index contributed by atoms with van der Waals surface area (Å²) >= 11 is 0. The second-order valence-corrected chi connectivity index (χ2v) is 8.23. The van der Waals surface area contributed by atoms with Crippen molar-refractivity contribution >= 4 is 23.0 Å². The number of aromatic nitrogens is 1. The van der Waals surface area contributed by atoms with Gasteiger partial charge < -0.3 is 24.3 Å². The van der Waals surface area contributed by atoms with Crippen molar-refractivity contribution in [2.24, 2.45) is 5.92 Å². The zero-order valence-corrected chi connectivity index (χ0v) is 18.4. The zero-order valence-electron chi connectivity index (χ0n) is 18.4. The van der Waals surface area contributed by atoms with Gasteiger partial charge in [0, 0.05) is 25.6 Å². The molecular formula is C24H30N4O3. The minimum Gasteiger partial charge on any atom is -0.497 e. The number of hydrogen-bond donors (Lipinski definition) is 1. The fraction of sp³-hybridized carbons (Fsp3) is 0.417. The first-order valence-electron chi connectivity index (χ1n) is 10.7. The summed E-state index contributed by atoms with van der Waals surface area (Å²) in [6.45, 7) is 2.08. The maximum atomic E-state index is 12.9. The number of likely N-dealkylation sites (N-methyl/N-ethyl adjacent to an activating group) is 1. The van der Waals surface area contributed by atoms with E-state index in [1.165, 1.54) is 0 Å². The van der Waals surface area contributed by atoms with Gasteiger partial charge in [-0.2, -0.15) is 4.98 Å². The van der Waals surface area contributed by atoms with Gasteiger partial charge >= 0.3 is 0 Å². The summed E-state index contributed by atoms with van der Waals surface area (Å²) < 4.78 is 11.2. The van der Waals surface area contributed by atoms with Crippen molar-refractivity contribution in [2.45, 2.75) is 18.9 Å². The van der Waals surface area contributed by atoms with Crippen molar-refractivity contribution in [3.05, 3.63) is 54.1 Å². The van der Waals surface area contributed by atoms with Gasteiger partial charge in [0.15, 0.2) is 5.58 Å². The number of methoxy groups -OCH3 is 1. The first kappa shape index (κ1) is 21.2. The van der Waals surface area contributed by atoms with Crippen LogP contribution in [-0.2, 0) is 4.79 Å². The Bertz CT molecular complexity index is 991. The number of ether oxygens (including phenoxy) is 1. The molecule has 1 N–H and O–H groups in total. The predicted octanol–water partition coefficient (Wildman–Crippen LogP) is 3.47. The number of amides is 1. The Morgan fingerprint density at radius 1 is 1.23 bits per heavy atom. The molecule has 0 aliphatic carbocycles. The molecule has 31 heavy (non-hydrogen) atoms. The van der Waals surface area contributed by atoms with Gasteiger partial charge in [0.1, 0.15) is 11.3 Å². The van der Waals surface area contributed by atoms with Crippen LogP contribution < -0.4 is 15.0 Å². The van der Waals surface area contributed by atoms with Crippen LogP contribution in [0.1, 0.15) is 24.4 Å². The lowest BCUT2D eigenvalue weighted by Gasteiger charge is -2.31. The molecule has 7 heteroatoms. The highest BCUT2D eigenvalue weighted by Crippen LogP contribution is 2.27. The fourth-order valence-electron chi connectivity index (χ4n) is 4.12. The van der Waals surface area contributed by atoms with Crippen molar-refractivity contribution < 1.29 is 13.9 Å². The van der Waals surface area contributed by atoms with E-state index in [0.29, 0.717) is 12.6 Å². The van der Waals surface area contributed by atoms with Crippen LogP contribution in [-0.4, -0.2) is 56.6 Å². The molecule has 0 spiro atoms. The number of para-hydroxylation sites is 2. The third-order valence-electron chi connectivity index (χ3n) is 5.99. The molecule has 1 aliphatic heterocycles. The molecule has 2 heterocycles. The van der Waals surface area contributed by atoms with E-state index in [1.54, 1.807) is 7.11 Å². The van der Waals surface area contributed by atoms with Crippen molar-refractivity contribution in [3.63, 3.8) is 0 Å². The number of hydrogen-bond acceptors (Lipinski definition) is 6. The largest absolute Gasteiger partial charge is 0.497 e.